The Kier molecular flexibility index (Phi) is 5.16. The van der Waals surface area contributed by atoms with Crippen molar-refractivity contribution < 1.29 is 13.2 Å². The molecule has 7 heteroatoms. The van der Waals surface area contributed by atoms with Crippen LogP contribution in [0.15, 0.2) is 6.07 Å². The molecule has 1 aromatic rings. The molecule has 0 saturated carbocycles. The monoisotopic (exact) mass is 313 g/mol. The van der Waals surface area contributed by atoms with Gasteiger partial charge in [0, 0.05) is 18.3 Å². The molecule has 1 unspecified atom stereocenters. The second-order valence-corrected chi connectivity index (χ2v) is 7.54. The van der Waals surface area contributed by atoms with E-state index in [2.05, 4.69) is 9.97 Å². The molecule has 0 N–H and O–H groups in total. The number of nitrogens with zero attached hydrogens (tertiary/aromatic N) is 3. The number of hydrogen-bond acceptors (Lipinski definition) is 5. The topological polar surface area (TPSA) is 72.4 Å². The Morgan fingerprint density at radius 3 is 2.81 bits per heavy atom. The Labute approximate surface area is 126 Å². The van der Waals surface area contributed by atoms with Gasteiger partial charge in [-0.1, -0.05) is 6.92 Å². The van der Waals surface area contributed by atoms with E-state index >= 15 is 0 Å². The number of aryl methyl sites for hydroxylation is 2. The Hall–Kier alpha value is -1.21. The minimum absolute atomic E-state index is 0.140. The number of aromatic nitrogens is 2. The fourth-order valence-electron chi connectivity index (χ4n) is 2.55. The molecule has 0 radical (unpaired) electrons. The minimum atomic E-state index is -3.15. The summed E-state index contributed by atoms with van der Waals surface area (Å²) in [6.07, 6.45) is 2.16. The van der Waals surface area contributed by atoms with Gasteiger partial charge in [0.2, 0.25) is 15.9 Å². The molecule has 1 aliphatic heterocycles. The van der Waals surface area contributed by atoms with Crippen molar-refractivity contribution in [1.29, 1.82) is 0 Å². The van der Waals surface area contributed by atoms with Gasteiger partial charge in [0.15, 0.2) is 0 Å². The van der Waals surface area contributed by atoms with Gasteiger partial charge < -0.3 is 4.74 Å². The third-order valence-electron chi connectivity index (χ3n) is 3.43. The van der Waals surface area contributed by atoms with Crippen molar-refractivity contribution in [3.05, 3.63) is 17.6 Å². The molecule has 2 rings (SSSR count). The van der Waals surface area contributed by atoms with Gasteiger partial charge in [-0.2, -0.15) is 9.29 Å². The van der Waals surface area contributed by atoms with Gasteiger partial charge in [-0.05, 0) is 33.1 Å². The highest BCUT2D eigenvalue weighted by molar-refractivity contribution is 7.89. The summed E-state index contributed by atoms with van der Waals surface area (Å²) in [6, 6.07) is 1.78. The van der Waals surface area contributed by atoms with Crippen LogP contribution in [0.2, 0.25) is 0 Å². The molecule has 1 aromatic heterocycles. The average Bonchev–Trinajstić information content (AvgIpc) is 2.37. The molecular formula is C14H23N3O3S. The Morgan fingerprint density at radius 2 is 2.14 bits per heavy atom. The molecule has 0 spiro atoms. The molecule has 2 heterocycles. The number of piperidine rings is 1. The summed E-state index contributed by atoms with van der Waals surface area (Å²) in [4.78, 5) is 8.46. The van der Waals surface area contributed by atoms with Crippen molar-refractivity contribution in [3.8, 4) is 5.88 Å². The van der Waals surface area contributed by atoms with Gasteiger partial charge in [-0.3, -0.25) is 0 Å². The predicted molar refractivity (Wildman–Crippen MR) is 80.8 cm³/mol. The van der Waals surface area contributed by atoms with Crippen molar-refractivity contribution >= 4 is 10.0 Å². The fourth-order valence-corrected chi connectivity index (χ4v) is 4.13. The molecule has 1 saturated heterocycles. The second kappa shape index (κ2) is 6.70. The molecule has 0 amide bonds. The van der Waals surface area contributed by atoms with E-state index in [-0.39, 0.29) is 11.9 Å². The van der Waals surface area contributed by atoms with Crippen LogP contribution >= 0.6 is 0 Å². The average molecular weight is 313 g/mol. The van der Waals surface area contributed by atoms with Crippen LogP contribution in [0.3, 0.4) is 0 Å². The molecule has 1 fully saturated rings. The molecule has 1 atom stereocenters. The van der Waals surface area contributed by atoms with Crippen LogP contribution in [0, 0.1) is 13.8 Å². The summed E-state index contributed by atoms with van der Waals surface area (Å²) < 4.78 is 31.7. The molecular weight excluding hydrogens is 290 g/mol. The van der Waals surface area contributed by atoms with Crippen LogP contribution in [0.25, 0.3) is 0 Å². The maximum atomic E-state index is 12.1. The summed E-state index contributed by atoms with van der Waals surface area (Å²) in [5.74, 6) is 1.39. The lowest BCUT2D eigenvalue weighted by Gasteiger charge is -2.31. The SMILES string of the molecule is CCCS(=O)(=O)N1CCCC(Oc2cc(C)nc(C)n2)C1. The van der Waals surface area contributed by atoms with Crippen LogP contribution in [-0.2, 0) is 10.0 Å². The van der Waals surface area contributed by atoms with Crippen molar-refractivity contribution in [3.63, 3.8) is 0 Å². The van der Waals surface area contributed by atoms with E-state index in [1.165, 1.54) is 0 Å². The third kappa shape index (κ3) is 4.38. The Bertz CT molecular complexity index is 569. The highest BCUT2D eigenvalue weighted by atomic mass is 32.2. The lowest BCUT2D eigenvalue weighted by molar-refractivity contribution is 0.124. The first kappa shape index (κ1) is 16.2. The normalized spacial score (nSPS) is 20.4. The van der Waals surface area contributed by atoms with Gasteiger partial charge in [0.1, 0.15) is 11.9 Å². The van der Waals surface area contributed by atoms with E-state index < -0.39 is 10.0 Å². The van der Waals surface area contributed by atoms with Crippen molar-refractivity contribution in [1.82, 2.24) is 14.3 Å². The summed E-state index contributed by atoms with van der Waals surface area (Å²) in [7, 11) is -3.15. The zero-order valence-corrected chi connectivity index (χ0v) is 13.7. The second-order valence-electron chi connectivity index (χ2n) is 5.45. The van der Waals surface area contributed by atoms with Crippen molar-refractivity contribution in [2.45, 2.75) is 46.1 Å². The number of ether oxygens (including phenoxy) is 1. The van der Waals surface area contributed by atoms with Crippen LogP contribution in [-0.4, -0.2) is 47.6 Å². The van der Waals surface area contributed by atoms with Crippen LogP contribution < -0.4 is 4.74 Å². The summed E-state index contributed by atoms with van der Waals surface area (Å²) >= 11 is 0. The van der Waals surface area contributed by atoms with E-state index in [0.29, 0.717) is 31.2 Å². The predicted octanol–water partition coefficient (Wildman–Crippen LogP) is 1.68. The van der Waals surface area contributed by atoms with E-state index in [1.54, 1.807) is 10.4 Å². The number of sulfonamides is 1. The largest absolute Gasteiger partial charge is 0.473 e. The molecule has 0 bridgehead atoms. The lowest BCUT2D eigenvalue weighted by Crippen LogP contribution is -2.45. The maximum Gasteiger partial charge on any atom is 0.217 e. The van der Waals surface area contributed by atoms with Gasteiger partial charge in [0.25, 0.3) is 0 Å². The fraction of sp³-hybridized carbons (Fsp3) is 0.714. The van der Waals surface area contributed by atoms with E-state index in [4.69, 9.17) is 4.74 Å². The summed E-state index contributed by atoms with van der Waals surface area (Å²) in [5.41, 5.74) is 0.851. The van der Waals surface area contributed by atoms with E-state index in [1.807, 2.05) is 20.8 Å². The molecule has 6 nitrogen and oxygen atoms in total. The lowest BCUT2D eigenvalue weighted by atomic mass is 10.1. The van der Waals surface area contributed by atoms with Gasteiger partial charge in [-0.25, -0.2) is 13.4 Å². The minimum Gasteiger partial charge on any atom is -0.473 e. The Morgan fingerprint density at radius 1 is 1.38 bits per heavy atom. The highest BCUT2D eigenvalue weighted by Crippen LogP contribution is 2.20. The van der Waals surface area contributed by atoms with Crippen molar-refractivity contribution in [2.75, 3.05) is 18.8 Å². The summed E-state index contributed by atoms with van der Waals surface area (Å²) in [5, 5.41) is 0. The third-order valence-corrected chi connectivity index (χ3v) is 5.47. The zero-order chi connectivity index (χ0) is 15.5. The number of rotatable bonds is 5. The summed E-state index contributed by atoms with van der Waals surface area (Å²) in [6.45, 7) is 6.58. The molecule has 0 aromatic carbocycles. The van der Waals surface area contributed by atoms with Crippen LogP contribution in [0.5, 0.6) is 5.88 Å². The van der Waals surface area contributed by atoms with E-state index in [9.17, 15) is 8.42 Å². The van der Waals surface area contributed by atoms with Gasteiger partial charge in [0.05, 0.1) is 12.3 Å². The molecule has 0 aliphatic carbocycles. The standard InChI is InChI=1S/C14H23N3O3S/c1-4-8-21(18,19)17-7-5-6-13(10-17)20-14-9-11(2)15-12(3)16-14/h9,13H,4-8,10H2,1-3H3. The first-order valence-corrected chi connectivity index (χ1v) is 8.98. The van der Waals surface area contributed by atoms with Crippen LogP contribution in [0.1, 0.15) is 37.7 Å². The smallest absolute Gasteiger partial charge is 0.217 e. The molecule has 118 valence electrons. The maximum absolute atomic E-state index is 12.1. The molecule has 21 heavy (non-hydrogen) atoms. The number of hydrogen-bond donors (Lipinski definition) is 0. The van der Waals surface area contributed by atoms with Gasteiger partial charge in [-0.15, -0.1) is 0 Å². The molecule has 1 aliphatic rings. The zero-order valence-electron chi connectivity index (χ0n) is 12.9. The van der Waals surface area contributed by atoms with Crippen LogP contribution in [0.4, 0.5) is 0 Å². The highest BCUT2D eigenvalue weighted by Gasteiger charge is 2.29. The van der Waals surface area contributed by atoms with E-state index in [0.717, 1.165) is 18.5 Å². The first-order chi connectivity index (χ1) is 9.90. The Balaban J connectivity index is 2.04. The van der Waals surface area contributed by atoms with Gasteiger partial charge >= 0.3 is 0 Å². The quantitative estimate of drug-likeness (QED) is 0.827. The first-order valence-electron chi connectivity index (χ1n) is 7.37. The van der Waals surface area contributed by atoms with Crippen molar-refractivity contribution in [2.24, 2.45) is 0 Å².